The van der Waals surface area contributed by atoms with E-state index in [4.69, 9.17) is 0 Å². The second kappa shape index (κ2) is 4.99. The van der Waals surface area contributed by atoms with Crippen molar-refractivity contribution >= 4 is 0 Å². The fourth-order valence-corrected chi connectivity index (χ4v) is 3.16. The first-order valence-electron chi connectivity index (χ1n) is 5.91. The van der Waals surface area contributed by atoms with Crippen molar-refractivity contribution in [3.05, 3.63) is 0 Å². The van der Waals surface area contributed by atoms with Crippen LogP contribution in [0.15, 0.2) is 0 Å². The van der Waals surface area contributed by atoms with Crippen LogP contribution in [-0.2, 0) is 0 Å². The van der Waals surface area contributed by atoms with Crippen LogP contribution in [0.1, 0.15) is 46.5 Å². The van der Waals surface area contributed by atoms with Crippen molar-refractivity contribution in [2.24, 2.45) is 17.8 Å². The van der Waals surface area contributed by atoms with Gasteiger partial charge in [-0.05, 0) is 37.6 Å². The lowest BCUT2D eigenvalue weighted by Gasteiger charge is -2.27. The van der Waals surface area contributed by atoms with Gasteiger partial charge < -0.3 is 5.32 Å². The molecule has 0 aromatic carbocycles. The Bertz CT molecular complexity index is 140. The summed E-state index contributed by atoms with van der Waals surface area (Å²) in [5.74, 6) is 2.83. The van der Waals surface area contributed by atoms with Crippen LogP contribution in [0.25, 0.3) is 0 Å². The Morgan fingerprint density at radius 3 is 2.23 bits per heavy atom. The molecule has 1 saturated carbocycles. The van der Waals surface area contributed by atoms with E-state index in [1.54, 1.807) is 0 Å². The molecule has 0 aromatic rings. The number of rotatable bonds is 4. The van der Waals surface area contributed by atoms with Gasteiger partial charge in [0.2, 0.25) is 0 Å². The molecule has 0 saturated heterocycles. The summed E-state index contributed by atoms with van der Waals surface area (Å²) in [5, 5.41) is 3.45. The Labute approximate surface area is 83.3 Å². The topological polar surface area (TPSA) is 12.0 Å². The van der Waals surface area contributed by atoms with Crippen LogP contribution >= 0.6 is 0 Å². The molecule has 0 aromatic heterocycles. The Balaban J connectivity index is 2.52. The molecule has 0 heterocycles. The molecule has 1 rings (SSSR count). The molecule has 1 N–H and O–H groups in total. The van der Waals surface area contributed by atoms with Crippen molar-refractivity contribution in [3.63, 3.8) is 0 Å². The minimum atomic E-state index is 0.783. The molecule has 78 valence electrons. The number of nitrogens with one attached hydrogen (secondary N) is 1. The maximum absolute atomic E-state index is 3.45. The monoisotopic (exact) mass is 183 g/mol. The fraction of sp³-hybridized carbons (Fsp3) is 1.00. The molecule has 3 unspecified atom stereocenters. The highest BCUT2D eigenvalue weighted by atomic mass is 14.9. The first-order chi connectivity index (χ1) is 6.24. The maximum Gasteiger partial charge on any atom is 0.00925 e. The van der Waals surface area contributed by atoms with Gasteiger partial charge in [-0.25, -0.2) is 0 Å². The zero-order valence-electron chi connectivity index (χ0n) is 9.64. The molecule has 1 nitrogen and oxygen atoms in total. The Morgan fingerprint density at radius 1 is 1.23 bits per heavy atom. The molecule has 0 aliphatic heterocycles. The van der Waals surface area contributed by atoms with Gasteiger partial charge in [-0.3, -0.25) is 0 Å². The van der Waals surface area contributed by atoms with Crippen LogP contribution in [0.4, 0.5) is 0 Å². The van der Waals surface area contributed by atoms with E-state index < -0.39 is 0 Å². The van der Waals surface area contributed by atoms with E-state index in [1.165, 1.54) is 25.7 Å². The van der Waals surface area contributed by atoms with Gasteiger partial charge in [-0.1, -0.05) is 33.6 Å². The average Bonchev–Trinajstić information content (AvgIpc) is 2.50. The van der Waals surface area contributed by atoms with Crippen molar-refractivity contribution < 1.29 is 0 Å². The third kappa shape index (κ3) is 2.25. The molecule has 13 heavy (non-hydrogen) atoms. The van der Waals surface area contributed by atoms with E-state index in [0.29, 0.717) is 0 Å². The third-order valence-electron chi connectivity index (χ3n) is 4.15. The zero-order chi connectivity index (χ0) is 9.84. The lowest BCUT2D eigenvalue weighted by molar-refractivity contribution is 0.244. The van der Waals surface area contributed by atoms with E-state index in [2.05, 4.69) is 33.1 Å². The molecule has 1 aliphatic carbocycles. The summed E-state index contributed by atoms with van der Waals surface area (Å²) in [4.78, 5) is 0. The lowest BCUT2D eigenvalue weighted by Crippen LogP contribution is -2.31. The van der Waals surface area contributed by atoms with Gasteiger partial charge in [0.05, 0.1) is 0 Å². The zero-order valence-corrected chi connectivity index (χ0v) is 9.64. The average molecular weight is 183 g/mol. The Morgan fingerprint density at radius 2 is 1.85 bits per heavy atom. The molecule has 0 bridgehead atoms. The summed E-state index contributed by atoms with van der Waals surface area (Å²) >= 11 is 0. The fourth-order valence-electron chi connectivity index (χ4n) is 3.16. The predicted octanol–water partition coefficient (Wildman–Crippen LogP) is 3.06. The van der Waals surface area contributed by atoms with Crippen molar-refractivity contribution in [2.45, 2.75) is 52.5 Å². The summed E-state index contributed by atoms with van der Waals surface area (Å²) in [6, 6.07) is 0.783. The standard InChI is InChI=1S/C12H25N/c1-5-10(6-2)11-7-8-12(13-4)9(11)3/h9-13H,5-8H2,1-4H3. The summed E-state index contributed by atoms with van der Waals surface area (Å²) in [5.41, 5.74) is 0. The van der Waals surface area contributed by atoms with Crippen LogP contribution in [0.5, 0.6) is 0 Å². The molecule has 1 fully saturated rings. The van der Waals surface area contributed by atoms with Crippen LogP contribution in [0.2, 0.25) is 0 Å². The first-order valence-corrected chi connectivity index (χ1v) is 5.91. The van der Waals surface area contributed by atoms with Crippen LogP contribution in [-0.4, -0.2) is 13.1 Å². The lowest BCUT2D eigenvalue weighted by atomic mass is 9.81. The highest BCUT2D eigenvalue weighted by Crippen LogP contribution is 2.39. The largest absolute Gasteiger partial charge is 0.317 e. The molecule has 1 heteroatoms. The smallest absolute Gasteiger partial charge is 0.00925 e. The molecular weight excluding hydrogens is 158 g/mol. The van der Waals surface area contributed by atoms with Crippen molar-refractivity contribution in [1.29, 1.82) is 0 Å². The van der Waals surface area contributed by atoms with Crippen LogP contribution in [0, 0.1) is 17.8 Å². The first kappa shape index (κ1) is 11.0. The molecular formula is C12H25N. The van der Waals surface area contributed by atoms with Gasteiger partial charge in [-0.15, -0.1) is 0 Å². The summed E-state index contributed by atoms with van der Waals surface area (Å²) < 4.78 is 0. The highest BCUT2D eigenvalue weighted by Gasteiger charge is 2.35. The van der Waals surface area contributed by atoms with Crippen molar-refractivity contribution in [1.82, 2.24) is 5.32 Å². The molecule has 0 amide bonds. The second-order valence-electron chi connectivity index (χ2n) is 4.57. The SMILES string of the molecule is CCC(CC)C1CCC(NC)C1C. The van der Waals surface area contributed by atoms with Crippen molar-refractivity contribution in [3.8, 4) is 0 Å². The molecule has 0 spiro atoms. The summed E-state index contributed by atoms with van der Waals surface area (Å²) in [6.45, 7) is 7.11. The molecule has 1 aliphatic rings. The van der Waals surface area contributed by atoms with Gasteiger partial charge in [0, 0.05) is 6.04 Å². The predicted molar refractivity (Wildman–Crippen MR) is 58.8 cm³/mol. The maximum atomic E-state index is 3.45. The highest BCUT2D eigenvalue weighted by molar-refractivity contribution is 4.88. The third-order valence-corrected chi connectivity index (χ3v) is 4.15. The van der Waals surface area contributed by atoms with E-state index in [1.807, 2.05) is 0 Å². The minimum Gasteiger partial charge on any atom is -0.317 e. The van der Waals surface area contributed by atoms with Gasteiger partial charge in [0.1, 0.15) is 0 Å². The number of hydrogen-bond donors (Lipinski definition) is 1. The quantitative estimate of drug-likeness (QED) is 0.706. The van der Waals surface area contributed by atoms with E-state index in [0.717, 1.165) is 23.8 Å². The van der Waals surface area contributed by atoms with Crippen LogP contribution < -0.4 is 5.32 Å². The summed E-state index contributed by atoms with van der Waals surface area (Å²) in [6.07, 6.45) is 5.56. The van der Waals surface area contributed by atoms with E-state index in [9.17, 15) is 0 Å². The van der Waals surface area contributed by atoms with E-state index in [-0.39, 0.29) is 0 Å². The summed E-state index contributed by atoms with van der Waals surface area (Å²) in [7, 11) is 2.11. The van der Waals surface area contributed by atoms with Gasteiger partial charge >= 0.3 is 0 Å². The van der Waals surface area contributed by atoms with Crippen molar-refractivity contribution in [2.75, 3.05) is 7.05 Å². The minimum absolute atomic E-state index is 0.783. The number of hydrogen-bond acceptors (Lipinski definition) is 1. The normalized spacial score (nSPS) is 34.4. The second-order valence-corrected chi connectivity index (χ2v) is 4.57. The van der Waals surface area contributed by atoms with Gasteiger partial charge in [-0.2, -0.15) is 0 Å². The van der Waals surface area contributed by atoms with Crippen LogP contribution in [0.3, 0.4) is 0 Å². The Hall–Kier alpha value is -0.0400. The van der Waals surface area contributed by atoms with E-state index >= 15 is 0 Å². The van der Waals surface area contributed by atoms with Gasteiger partial charge in [0.15, 0.2) is 0 Å². The Kier molecular flexibility index (Phi) is 4.24. The van der Waals surface area contributed by atoms with Gasteiger partial charge in [0.25, 0.3) is 0 Å². The molecule has 0 radical (unpaired) electrons. The molecule has 3 atom stereocenters.